The summed E-state index contributed by atoms with van der Waals surface area (Å²) >= 11 is 5.98. The second kappa shape index (κ2) is 6.77. The van der Waals surface area contributed by atoms with E-state index in [2.05, 4.69) is 11.2 Å². The minimum absolute atomic E-state index is 0.175. The lowest BCUT2D eigenvalue weighted by Gasteiger charge is -2.07. The van der Waals surface area contributed by atoms with Crippen molar-refractivity contribution < 1.29 is 5.11 Å². The van der Waals surface area contributed by atoms with Crippen molar-refractivity contribution in [3.8, 4) is 16.9 Å². The molecule has 22 heavy (non-hydrogen) atoms. The van der Waals surface area contributed by atoms with Gasteiger partial charge in [-0.3, -0.25) is 0 Å². The van der Waals surface area contributed by atoms with Crippen LogP contribution < -0.4 is 0 Å². The minimum Gasteiger partial charge on any atom is -0.396 e. The van der Waals surface area contributed by atoms with Crippen molar-refractivity contribution in [3.63, 3.8) is 0 Å². The summed E-state index contributed by atoms with van der Waals surface area (Å²) in [4.78, 5) is 0. The Balaban J connectivity index is 2.06. The molecule has 3 rings (SSSR count). The third-order valence-electron chi connectivity index (χ3n) is 3.49. The Kier molecular flexibility index (Phi) is 4.56. The number of aliphatic hydroxyl groups is 1. The lowest BCUT2D eigenvalue weighted by molar-refractivity contribution is 0.288. The third kappa shape index (κ3) is 3.21. The molecule has 0 fully saturated rings. The highest BCUT2D eigenvalue weighted by Gasteiger charge is 2.11. The second-order valence-corrected chi connectivity index (χ2v) is 5.54. The Hall–Kier alpha value is -2.10. The lowest BCUT2D eigenvalue weighted by atomic mass is 10.1. The molecule has 4 heteroatoms. The standard InChI is InChI=1S/C18H17ClN2O/c19-15-10-8-14(9-11-15)18-13-16(5-4-12-22)20-21(18)17-6-2-1-3-7-17/h1-3,6-11,13,22H,4-5,12H2. The zero-order chi connectivity index (χ0) is 15.4. The molecule has 0 aliphatic carbocycles. The molecule has 0 spiro atoms. The zero-order valence-corrected chi connectivity index (χ0v) is 12.9. The number of hydrogen-bond donors (Lipinski definition) is 1. The van der Waals surface area contributed by atoms with Gasteiger partial charge in [0.25, 0.3) is 0 Å². The van der Waals surface area contributed by atoms with Gasteiger partial charge in [-0.15, -0.1) is 0 Å². The van der Waals surface area contributed by atoms with Gasteiger partial charge in [-0.2, -0.15) is 5.10 Å². The summed E-state index contributed by atoms with van der Waals surface area (Å²) in [5.41, 5.74) is 4.08. The van der Waals surface area contributed by atoms with Crippen LogP contribution in [0.15, 0.2) is 60.7 Å². The fourth-order valence-electron chi connectivity index (χ4n) is 2.40. The number of aromatic nitrogens is 2. The molecule has 0 amide bonds. The van der Waals surface area contributed by atoms with Gasteiger partial charge in [0.1, 0.15) is 0 Å². The molecular weight excluding hydrogens is 296 g/mol. The van der Waals surface area contributed by atoms with Gasteiger partial charge in [0, 0.05) is 17.2 Å². The molecule has 0 unspecified atom stereocenters. The Morgan fingerprint density at radius 3 is 2.41 bits per heavy atom. The van der Waals surface area contributed by atoms with E-state index in [4.69, 9.17) is 16.7 Å². The van der Waals surface area contributed by atoms with Crippen molar-refractivity contribution in [2.24, 2.45) is 0 Å². The van der Waals surface area contributed by atoms with Gasteiger partial charge < -0.3 is 5.11 Å². The van der Waals surface area contributed by atoms with Crippen molar-refractivity contribution in [3.05, 3.63) is 71.4 Å². The van der Waals surface area contributed by atoms with Crippen LogP contribution in [0.4, 0.5) is 0 Å². The average molecular weight is 313 g/mol. The monoisotopic (exact) mass is 312 g/mol. The molecule has 0 aliphatic heterocycles. The first-order valence-electron chi connectivity index (χ1n) is 7.29. The summed E-state index contributed by atoms with van der Waals surface area (Å²) < 4.78 is 1.94. The SMILES string of the molecule is OCCCc1cc(-c2ccc(Cl)cc2)n(-c2ccccc2)n1. The summed E-state index contributed by atoms with van der Waals surface area (Å²) in [5.74, 6) is 0. The van der Waals surface area contributed by atoms with Gasteiger partial charge in [0.05, 0.1) is 17.1 Å². The maximum atomic E-state index is 9.02. The molecule has 0 atom stereocenters. The van der Waals surface area contributed by atoms with Crippen LogP contribution in [0.5, 0.6) is 0 Å². The van der Waals surface area contributed by atoms with Crippen molar-refractivity contribution in [2.45, 2.75) is 12.8 Å². The molecule has 1 aromatic heterocycles. The molecule has 0 bridgehead atoms. The first kappa shape index (κ1) is 14.8. The van der Waals surface area contributed by atoms with E-state index >= 15 is 0 Å². The molecule has 112 valence electrons. The molecular formula is C18H17ClN2O. The third-order valence-corrected chi connectivity index (χ3v) is 3.74. The Morgan fingerprint density at radius 1 is 1.00 bits per heavy atom. The van der Waals surface area contributed by atoms with Crippen LogP contribution >= 0.6 is 11.6 Å². The number of nitrogens with zero attached hydrogens (tertiary/aromatic N) is 2. The Bertz CT molecular complexity index is 736. The molecule has 1 N–H and O–H groups in total. The maximum Gasteiger partial charge on any atom is 0.0743 e. The lowest BCUT2D eigenvalue weighted by Crippen LogP contribution is -1.99. The van der Waals surface area contributed by atoms with E-state index in [1.54, 1.807) is 0 Å². The van der Waals surface area contributed by atoms with E-state index in [0.29, 0.717) is 6.42 Å². The second-order valence-electron chi connectivity index (χ2n) is 5.10. The van der Waals surface area contributed by atoms with Gasteiger partial charge >= 0.3 is 0 Å². The average Bonchev–Trinajstić information content (AvgIpc) is 2.98. The van der Waals surface area contributed by atoms with Crippen LogP contribution in [0.2, 0.25) is 5.02 Å². The van der Waals surface area contributed by atoms with Crippen molar-refractivity contribution in [1.82, 2.24) is 9.78 Å². The predicted molar refractivity (Wildman–Crippen MR) is 89.4 cm³/mol. The Morgan fingerprint density at radius 2 is 1.73 bits per heavy atom. The van der Waals surface area contributed by atoms with Crippen LogP contribution in [0.3, 0.4) is 0 Å². The van der Waals surface area contributed by atoms with E-state index in [-0.39, 0.29) is 6.61 Å². The predicted octanol–water partition coefficient (Wildman–Crippen LogP) is 4.12. The van der Waals surface area contributed by atoms with Crippen LogP contribution in [-0.4, -0.2) is 21.5 Å². The maximum absolute atomic E-state index is 9.02. The smallest absolute Gasteiger partial charge is 0.0743 e. The van der Waals surface area contributed by atoms with Crippen molar-refractivity contribution >= 4 is 11.6 Å². The van der Waals surface area contributed by atoms with E-state index in [1.807, 2.05) is 59.3 Å². The largest absolute Gasteiger partial charge is 0.396 e. The minimum atomic E-state index is 0.175. The summed E-state index contributed by atoms with van der Waals surface area (Å²) in [7, 11) is 0. The van der Waals surface area contributed by atoms with Gasteiger partial charge in [-0.25, -0.2) is 4.68 Å². The number of rotatable bonds is 5. The highest BCUT2D eigenvalue weighted by molar-refractivity contribution is 6.30. The molecule has 1 heterocycles. The van der Waals surface area contributed by atoms with Crippen LogP contribution in [0.1, 0.15) is 12.1 Å². The number of benzene rings is 2. The summed E-state index contributed by atoms with van der Waals surface area (Å²) in [6, 6.07) is 19.9. The number of hydrogen-bond acceptors (Lipinski definition) is 2. The quantitative estimate of drug-likeness (QED) is 0.769. The first-order chi connectivity index (χ1) is 10.8. The number of aliphatic hydroxyl groups excluding tert-OH is 1. The van der Waals surface area contributed by atoms with Crippen LogP contribution in [-0.2, 0) is 6.42 Å². The number of para-hydroxylation sites is 1. The fraction of sp³-hybridized carbons (Fsp3) is 0.167. The van der Waals surface area contributed by atoms with Crippen molar-refractivity contribution in [2.75, 3.05) is 6.61 Å². The van der Waals surface area contributed by atoms with Gasteiger partial charge in [-0.05, 0) is 43.2 Å². The van der Waals surface area contributed by atoms with E-state index in [1.165, 1.54) is 0 Å². The van der Waals surface area contributed by atoms with Crippen LogP contribution in [0.25, 0.3) is 16.9 Å². The number of halogens is 1. The highest BCUT2D eigenvalue weighted by Crippen LogP contribution is 2.25. The van der Waals surface area contributed by atoms with E-state index in [0.717, 1.165) is 34.1 Å². The summed E-state index contributed by atoms with van der Waals surface area (Å²) in [6.07, 6.45) is 1.47. The molecule has 0 radical (unpaired) electrons. The van der Waals surface area contributed by atoms with Gasteiger partial charge in [-0.1, -0.05) is 41.9 Å². The summed E-state index contributed by atoms with van der Waals surface area (Å²) in [6.45, 7) is 0.175. The number of aryl methyl sites for hydroxylation is 1. The van der Waals surface area contributed by atoms with Gasteiger partial charge in [0.15, 0.2) is 0 Å². The zero-order valence-electron chi connectivity index (χ0n) is 12.1. The van der Waals surface area contributed by atoms with Crippen molar-refractivity contribution in [1.29, 1.82) is 0 Å². The van der Waals surface area contributed by atoms with E-state index in [9.17, 15) is 0 Å². The molecule has 0 saturated heterocycles. The molecule has 0 aliphatic rings. The van der Waals surface area contributed by atoms with Crippen LogP contribution in [0, 0.1) is 0 Å². The Labute approximate surface area is 134 Å². The first-order valence-corrected chi connectivity index (χ1v) is 7.67. The summed E-state index contributed by atoms with van der Waals surface area (Å²) in [5, 5.41) is 14.4. The van der Waals surface area contributed by atoms with E-state index < -0.39 is 0 Å². The molecule has 3 nitrogen and oxygen atoms in total. The normalized spacial score (nSPS) is 10.8. The topological polar surface area (TPSA) is 38.0 Å². The van der Waals surface area contributed by atoms with Gasteiger partial charge in [0.2, 0.25) is 0 Å². The molecule has 3 aromatic rings. The highest BCUT2D eigenvalue weighted by atomic mass is 35.5. The molecule has 0 saturated carbocycles. The fourth-order valence-corrected chi connectivity index (χ4v) is 2.53. The molecule has 2 aromatic carbocycles.